The van der Waals surface area contributed by atoms with Crippen LogP contribution in [0.4, 0.5) is 0 Å². The van der Waals surface area contributed by atoms with E-state index in [9.17, 15) is 30.6 Å². The predicted molar refractivity (Wildman–Crippen MR) is 159 cm³/mol. The maximum atomic E-state index is 10.3. The zero-order valence-electron chi connectivity index (χ0n) is 26.4. The molecule has 0 unspecified atom stereocenters. The van der Waals surface area contributed by atoms with Crippen LogP contribution in [0.25, 0.3) is 0 Å². The second kappa shape index (κ2) is 22.9. The average molecular weight is 641 g/mol. The summed E-state index contributed by atoms with van der Waals surface area (Å²) in [5.41, 5.74) is 0. The Hall–Kier alpha value is -0.520. The van der Waals surface area contributed by atoms with E-state index >= 15 is 0 Å². The molecule has 0 amide bonds. The lowest BCUT2D eigenvalue weighted by Crippen LogP contribution is -2.41. The van der Waals surface area contributed by atoms with E-state index in [-0.39, 0.29) is 13.2 Å². The van der Waals surface area contributed by atoms with E-state index in [0.29, 0.717) is 6.61 Å². The molecular formula is C31H60O13. The van der Waals surface area contributed by atoms with Gasteiger partial charge in [-0.05, 0) is 6.42 Å². The number of hydrogen-bond donors (Lipinski definition) is 8. The van der Waals surface area contributed by atoms with Gasteiger partial charge in [0.2, 0.25) is 0 Å². The largest absolute Gasteiger partial charge is 0.394 e. The van der Waals surface area contributed by atoms with Crippen molar-refractivity contribution in [1.29, 1.82) is 0 Å². The third-order valence-electron chi connectivity index (χ3n) is 8.39. The van der Waals surface area contributed by atoms with Crippen LogP contribution in [0.3, 0.4) is 0 Å². The zero-order chi connectivity index (χ0) is 32.3. The molecule has 44 heavy (non-hydrogen) atoms. The minimum Gasteiger partial charge on any atom is -0.394 e. The zero-order valence-corrected chi connectivity index (χ0v) is 26.4. The first-order chi connectivity index (χ1) is 21.2. The van der Waals surface area contributed by atoms with Gasteiger partial charge in [0.05, 0.1) is 26.4 Å². The molecule has 0 aliphatic carbocycles. The molecule has 0 spiro atoms. The van der Waals surface area contributed by atoms with Crippen molar-refractivity contribution in [2.24, 2.45) is 0 Å². The molecule has 2 aliphatic rings. The van der Waals surface area contributed by atoms with Gasteiger partial charge in [-0.1, -0.05) is 90.4 Å². The van der Waals surface area contributed by atoms with Crippen molar-refractivity contribution in [3.05, 3.63) is 0 Å². The van der Waals surface area contributed by atoms with Crippen LogP contribution in [0.15, 0.2) is 0 Å². The monoisotopic (exact) mass is 640 g/mol. The molecule has 2 saturated heterocycles. The summed E-state index contributed by atoms with van der Waals surface area (Å²) in [6.07, 6.45) is 2.77. The van der Waals surface area contributed by atoms with Crippen LogP contribution >= 0.6 is 0 Å². The maximum absolute atomic E-state index is 10.3. The van der Waals surface area contributed by atoms with Crippen molar-refractivity contribution in [2.45, 2.75) is 164 Å². The van der Waals surface area contributed by atoms with Crippen molar-refractivity contribution in [3.63, 3.8) is 0 Å². The summed E-state index contributed by atoms with van der Waals surface area (Å²) < 4.78 is 28.0. The van der Waals surface area contributed by atoms with E-state index in [0.717, 1.165) is 19.3 Å². The molecule has 2 heterocycles. The highest BCUT2D eigenvalue weighted by Crippen LogP contribution is 2.27. The van der Waals surface area contributed by atoms with Gasteiger partial charge in [-0.25, -0.2) is 0 Å². The topological polar surface area (TPSA) is 208 Å². The summed E-state index contributed by atoms with van der Waals surface area (Å²) in [5.74, 6) is 0. The van der Waals surface area contributed by atoms with E-state index in [1.54, 1.807) is 0 Å². The Balaban J connectivity index is 1.72. The fraction of sp³-hybridized carbons (Fsp3) is 1.00. The normalized spacial score (nSPS) is 30.4. The number of rotatable bonds is 26. The van der Waals surface area contributed by atoms with E-state index in [1.165, 1.54) is 70.6 Å². The summed E-state index contributed by atoms with van der Waals surface area (Å²) in [7, 11) is 0. The first-order valence-corrected chi connectivity index (χ1v) is 16.7. The molecular weight excluding hydrogens is 580 g/mol. The molecule has 13 nitrogen and oxygen atoms in total. The van der Waals surface area contributed by atoms with Crippen LogP contribution in [0.5, 0.6) is 0 Å². The highest BCUT2D eigenvalue weighted by Gasteiger charge is 2.48. The molecule has 2 aliphatic heterocycles. The van der Waals surface area contributed by atoms with Crippen molar-refractivity contribution in [1.82, 2.24) is 0 Å². The molecule has 262 valence electrons. The highest BCUT2D eigenvalue weighted by atomic mass is 16.7. The van der Waals surface area contributed by atoms with E-state index in [2.05, 4.69) is 6.92 Å². The number of aliphatic hydroxyl groups excluding tert-OH is 8. The number of aliphatic hydroxyl groups is 8. The van der Waals surface area contributed by atoms with Gasteiger partial charge in [0.15, 0.2) is 12.6 Å². The Labute approximate surface area is 262 Å². The van der Waals surface area contributed by atoms with E-state index in [4.69, 9.17) is 33.9 Å². The quantitative estimate of drug-likeness (QED) is 0.0606. The summed E-state index contributed by atoms with van der Waals surface area (Å²) in [5, 5.41) is 78.9. The average Bonchev–Trinajstić information content (AvgIpc) is 3.48. The molecule has 0 aromatic carbocycles. The summed E-state index contributed by atoms with van der Waals surface area (Å²) >= 11 is 0. The lowest BCUT2D eigenvalue weighted by molar-refractivity contribution is -0.218. The van der Waals surface area contributed by atoms with Gasteiger partial charge in [0, 0.05) is 6.61 Å². The van der Waals surface area contributed by atoms with Crippen LogP contribution in [-0.2, 0) is 23.7 Å². The Morgan fingerprint density at radius 3 is 1.27 bits per heavy atom. The Kier molecular flexibility index (Phi) is 20.7. The molecule has 13 heteroatoms. The van der Waals surface area contributed by atoms with Crippen LogP contribution < -0.4 is 0 Å². The summed E-state index contributed by atoms with van der Waals surface area (Å²) in [6.45, 7) is 0.999. The molecule has 8 N–H and O–H groups in total. The van der Waals surface area contributed by atoms with Crippen molar-refractivity contribution < 1.29 is 64.5 Å². The standard InChI is InChI=1S/C31H60O13/c1-2-3-4-5-6-7-8-9-10-11-12-13-14-15-16-40-21(19-41-30-26(38)24(36)28(43-30)22(34)17-32)20-42-31-27(39)25(37)29(44-31)23(35)18-33/h21-39H,2-20H2,1H3/t22-,23-,24-,25-,26+,27+,28-,29-,30-,31-/m1/s1. The van der Waals surface area contributed by atoms with Crippen LogP contribution in [0.2, 0.25) is 0 Å². The molecule has 0 saturated carbocycles. The molecule has 10 atom stereocenters. The van der Waals surface area contributed by atoms with Crippen molar-refractivity contribution >= 4 is 0 Å². The van der Waals surface area contributed by atoms with E-state index < -0.39 is 80.7 Å². The Morgan fingerprint density at radius 1 is 0.545 bits per heavy atom. The number of hydrogen-bond acceptors (Lipinski definition) is 13. The van der Waals surface area contributed by atoms with Gasteiger partial charge in [0.1, 0.15) is 54.9 Å². The minimum atomic E-state index is -1.47. The fourth-order valence-electron chi connectivity index (χ4n) is 5.56. The molecule has 2 rings (SSSR count). The maximum Gasteiger partial charge on any atom is 0.186 e. The minimum absolute atomic E-state index is 0.150. The first kappa shape index (κ1) is 39.7. The predicted octanol–water partition coefficient (Wildman–Crippen LogP) is 0.486. The van der Waals surface area contributed by atoms with Gasteiger partial charge in [-0.15, -0.1) is 0 Å². The third-order valence-corrected chi connectivity index (χ3v) is 8.39. The van der Waals surface area contributed by atoms with E-state index in [1.807, 2.05) is 0 Å². The smallest absolute Gasteiger partial charge is 0.186 e. The number of ether oxygens (including phenoxy) is 5. The van der Waals surface area contributed by atoms with Gasteiger partial charge in [0.25, 0.3) is 0 Å². The molecule has 0 bridgehead atoms. The van der Waals surface area contributed by atoms with Gasteiger partial charge in [-0.2, -0.15) is 0 Å². The lowest BCUT2D eigenvalue weighted by atomic mass is 10.0. The molecule has 0 aromatic heterocycles. The Morgan fingerprint density at radius 2 is 0.909 bits per heavy atom. The van der Waals surface area contributed by atoms with Crippen LogP contribution in [0, 0.1) is 0 Å². The second-order valence-corrected chi connectivity index (χ2v) is 12.2. The third kappa shape index (κ3) is 13.7. The lowest BCUT2D eigenvalue weighted by Gasteiger charge is -2.24. The van der Waals surface area contributed by atoms with Crippen LogP contribution in [0.1, 0.15) is 96.8 Å². The number of unbranched alkanes of at least 4 members (excludes halogenated alkanes) is 13. The summed E-state index contributed by atoms with van der Waals surface area (Å²) in [6, 6.07) is 0. The van der Waals surface area contributed by atoms with Gasteiger partial charge >= 0.3 is 0 Å². The first-order valence-electron chi connectivity index (χ1n) is 16.7. The van der Waals surface area contributed by atoms with Crippen molar-refractivity contribution in [3.8, 4) is 0 Å². The molecule has 0 radical (unpaired) electrons. The van der Waals surface area contributed by atoms with Gasteiger partial charge < -0.3 is 64.5 Å². The highest BCUT2D eigenvalue weighted by molar-refractivity contribution is 4.92. The summed E-state index contributed by atoms with van der Waals surface area (Å²) in [4.78, 5) is 0. The van der Waals surface area contributed by atoms with Crippen molar-refractivity contribution in [2.75, 3.05) is 33.0 Å². The second-order valence-electron chi connectivity index (χ2n) is 12.2. The van der Waals surface area contributed by atoms with Gasteiger partial charge in [-0.3, -0.25) is 0 Å². The molecule has 2 fully saturated rings. The Bertz CT molecular complexity index is 663. The molecule has 0 aromatic rings. The fourth-order valence-corrected chi connectivity index (χ4v) is 5.56. The van der Waals surface area contributed by atoms with Crippen LogP contribution in [-0.4, -0.2) is 141 Å². The SMILES string of the molecule is CCCCCCCCCCCCCCCCOC(CO[C@@H]1O[C@H]([C@H](O)CO)[C@H](O)[C@@H]1O)CO[C@@H]1O[C@H]([C@H](O)CO)[C@H](O)[C@@H]1O.